The fourth-order valence-corrected chi connectivity index (χ4v) is 11.6. The van der Waals surface area contributed by atoms with Crippen molar-refractivity contribution < 1.29 is 26.5 Å². The van der Waals surface area contributed by atoms with Crippen LogP contribution in [0.4, 0.5) is 0 Å². The van der Waals surface area contributed by atoms with Crippen molar-refractivity contribution in [2.24, 2.45) is 5.41 Å². The maximum Gasteiger partial charge on any atom is 0.453 e. The van der Waals surface area contributed by atoms with Crippen LogP contribution in [-0.2, 0) is 52.4 Å². The molecule has 2 heterocycles. The van der Waals surface area contributed by atoms with Crippen LogP contribution < -0.4 is 9.05 Å². The van der Waals surface area contributed by atoms with Crippen LogP contribution in [-0.4, -0.2) is 13.2 Å². The summed E-state index contributed by atoms with van der Waals surface area (Å²) in [6.45, 7) is 60.5. The van der Waals surface area contributed by atoms with Crippen LogP contribution in [0.2, 0.25) is 0 Å². The molecular formula is C63H94O6P2. The summed E-state index contributed by atoms with van der Waals surface area (Å²) >= 11 is 0. The maximum absolute atomic E-state index is 7.75. The molecule has 0 radical (unpaired) electrons. The van der Waals surface area contributed by atoms with Gasteiger partial charge in [0.25, 0.3) is 0 Å². The Morgan fingerprint density at radius 1 is 0.394 bits per heavy atom. The van der Waals surface area contributed by atoms with Gasteiger partial charge >= 0.3 is 16.8 Å². The molecule has 1 saturated heterocycles. The Labute approximate surface area is 433 Å². The summed E-state index contributed by atoms with van der Waals surface area (Å²) in [7, 11) is -3.86. The van der Waals surface area contributed by atoms with Gasteiger partial charge in [0, 0.05) is 49.6 Å². The molecule has 1 aliphatic heterocycles. The summed E-state index contributed by atoms with van der Waals surface area (Å²) in [5, 5.41) is 2.07. The minimum Gasteiger partial charge on any atom is -0.426 e. The zero-order valence-electron chi connectivity index (χ0n) is 49.3. The Balaban J connectivity index is 1.85. The molecule has 392 valence electrons. The first kappa shape index (κ1) is 57.0. The lowest BCUT2D eigenvalue weighted by atomic mass is 9.75. The topological polar surface area (TPSA) is 63.2 Å². The van der Waals surface area contributed by atoms with Crippen LogP contribution in [0.15, 0.2) is 56.9 Å². The summed E-state index contributed by atoms with van der Waals surface area (Å²) in [4.78, 5) is 0. The molecule has 0 aliphatic carbocycles. The van der Waals surface area contributed by atoms with E-state index in [0.717, 1.165) is 79.7 Å². The zero-order valence-corrected chi connectivity index (χ0v) is 51.1. The highest BCUT2D eigenvalue weighted by atomic mass is 31.2. The monoisotopic (exact) mass is 1010 g/mol. The fraction of sp³-hybridized carbons (Fsp3) is 0.619. The Bertz CT molecular complexity index is 2700. The second-order valence-corrected chi connectivity index (χ2v) is 31.3. The van der Waals surface area contributed by atoms with Gasteiger partial charge in [-0.3, -0.25) is 0 Å². The standard InChI is InChI=1S/C63H94O6P2/c1-27-63(28-2)37-64-70(65-38-63)66-51-43(29-39(55(3,4)5)33-47(51)59(15,16)17)44-30-40(56(6,7)8)34-48(60(18,19)20)52(44)67-71-68-53-45(31-41(57(9,10)11)35-49(53)61(21,22)23)46-32-42(58(12,13)14)36-50(54(46)69-71)62(24,25)26/h29-36H,27-28,37-38H2,1-26H3. The molecule has 0 bridgehead atoms. The van der Waals surface area contributed by atoms with E-state index < -0.39 is 16.8 Å². The van der Waals surface area contributed by atoms with E-state index in [1.165, 1.54) is 22.3 Å². The molecule has 6 rings (SSSR count). The van der Waals surface area contributed by atoms with Gasteiger partial charge in [0.05, 0.1) is 13.2 Å². The normalized spacial score (nSPS) is 16.0. The maximum atomic E-state index is 7.75. The van der Waals surface area contributed by atoms with Crippen LogP contribution in [0.5, 0.6) is 11.5 Å². The first-order valence-electron chi connectivity index (χ1n) is 26.4. The molecule has 0 N–H and O–H groups in total. The second-order valence-electron chi connectivity index (χ2n) is 29.2. The molecule has 0 saturated carbocycles. The minimum atomic E-state index is -2.15. The first-order valence-corrected chi connectivity index (χ1v) is 28.6. The van der Waals surface area contributed by atoms with Gasteiger partial charge in [0.1, 0.15) is 22.7 Å². The van der Waals surface area contributed by atoms with E-state index >= 15 is 0 Å². The van der Waals surface area contributed by atoms with Crippen molar-refractivity contribution >= 4 is 38.8 Å². The van der Waals surface area contributed by atoms with Crippen molar-refractivity contribution in [1.82, 2.24) is 0 Å². The van der Waals surface area contributed by atoms with Gasteiger partial charge < -0.3 is 26.5 Å². The minimum absolute atomic E-state index is 0.0297. The molecule has 0 atom stereocenters. The fourth-order valence-electron chi connectivity index (χ4n) is 9.19. The average molecular weight is 1010 g/mol. The van der Waals surface area contributed by atoms with Gasteiger partial charge in [-0.05, 0) is 103 Å². The van der Waals surface area contributed by atoms with Gasteiger partial charge in [0.15, 0.2) is 0 Å². The number of rotatable bonds is 7. The number of benzene rings is 4. The third kappa shape index (κ3) is 12.3. The highest BCUT2D eigenvalue weighted by Gasteiger charge is 2.39. The van der Waals surface area contributed by atoms with Crippen LogP contribution in [0.1, 0.15) is 237 Å². The van der Waals surface area contributed by atoms with Crippen molar-refractivity contribution in [3.8, 4) is 22.6 Å². The van der Waals surface area contributed by atoms with Crippen LogP contribution in [0.25, 0.3) is 33.1 Å². The van der Waals surface area contributed by atoms with E-state index in [-0.39, 0.29) is 48.7 Å². The molecule has 1 fully saturated rings. The van der Waals surface area contributed by atoms with Gasteiger partial charge in [0.2, 0.25) is 0 Å². The molecule has 0 spiro atoms. The second kappa shape index (κ2) is 19.1. The molecule has 71 heavy (non-hydrogen) atoms. The summed E-state index contributed by atoms with van der Waals surface area (Å²) in [5.74, 6) is 1.48. The van der Waals surface area contributed by atoms with E-state index in [4.69, 9.17) is 26.5 Å². The molecule has 4 aromatic carbocycles. The van der Waals surface area contributed by atoms with Crippen molar-refractivity contribution in [1.29, 1.82) is 0 Å². The van der Waals surface area contributed by atoms with E-state index in [9.17, 15) is 0 Å². The van der Waals surface area contributed by atoms with Crippen molar-refractivity contribution in [2.45, 2.75) is 236 Å². The number of fused-ring (bicyclic) bond motifs is 3. The molecule has 0 amide bonds. The Hall–Kier alpha value is -3.27. The van der Waals surface area contributed by atoms with E-state index in [1.807, 2.05) is 0 Å². The number of hydrogen-bond acceptors (Lipinski definition) is 6. The van der Waals surface area contributed by atoms with Gasteiger partial charge in [-0.15, -0.1) is 0 Å². The Kier molecular flexibility index (Phi) is 15.4. The largest absolute Gasteiger partial charge is 0.453 e. The molecule has 1 aromatic heterocycles. The lowest BCUT2D eigenvalue weighted by molar-refractivity contribution is 0.0126. The highest BCUT2D eigenvalue weighted by molar-refractivity contribution is 7.42. The van der Waals surface area contributed by atoms with Crippen molar-refractivity contribution in [2.75, 3.05) is 13.2 Å². The summed E-state index contributed by atoms with van der Waals surface area (Å²) in [6.07, 6.45) is 1.96. The Morgan fingerprint density at radius 2 is 0.690 bits per heavy atom. The van der Waals surface area contributed by atoms with E-state index in [2.05, 4.69) is 229 Å². The van der Waals surface area contributed by atoms with Crippen LogP contribution >= 0.6 is 16.8 Å². The van der Waals surface area contributed by atoms with Gasteiger partial charge in [-0.1, -0.05) is 204 Å². The Morgan fingerprint density at radius 3 is 0.986 bits per heavy atom. The smallest absolute Gasteiger partial charge is 0.426 e. The molecule has 8 heteroatoms. The average Bonchev–Trinajstić information content (AvgIpc) is 3.36. The molecule has 0 unspecified atom stereocenters. The lowest BCUT2D eigenvalue weighted by Gasteiger charge is -2.38. The summed E-state index contributed by atoms with van der Waals surface area (Å²) < 4.78 is 43.3. The predicted molar refractivity (Wildman–Crippen MR) is 306 cm³/mol. The molecule has 6 nitrogen and oxygen atoms in total. The quantitative estimate of drug-likeness (QED) is 0.151. The number of hydrogen-bond donors (Lipinski definition) is 0. The lowest BCUT2D eigenvalue weighted by Crippen LogP contribution is -2.34. The highest BCUT2D eigenvalue weighted by Crippen LogP contribution is 2.57. The predicted octanol–water partition coefficient (Wildman–Crippen LogP) is 20.6. The van der Waals surface area contributed by atoms with E-state index in [0.29, 0.717) is 13.2 Å². The van der Waals surface area contributed by atoms with Crippen LogP contribution in [0.3, 0.4) is 0 Å². The molecule has 5 aromatic rings. The van der Waals surface area contributed by atoms with Gasteiger partial charge in [-0.25, -0.2) is 0 Å². The zero-order chi connectivity index (χ0) is 53.6. The van der Waals surface area contributed by atoms with Gasteiger partial charge in [-0.2, -0.15) is 0 Å². The van der Waals surface area contributed by atoms with Crippen molar-refractivity contribution in [3.05, 3.63) is 93.0 Å². The third-order valence-corrected chi connectivity index (χ3v) is 16.8. The third-order valence-electron chi connectivity index (χ3n) is 14.7. The van der Waals surface area contributed by atoms with E-state index in [1.54, 1.807) is 0 Å². The first-order chi connectivity index (χ1) is 32.1. The van der Waals surface area contributed by atoms with Crippen LogP contribution in [0, 0.1) is 5.41 Å². The SMILES string of the molecule is CCC1(CC)COP(Oc2c(-c3cc(C(C)(C)C)cc(C(C)(C)C)c3Op3oc4c(C(C)(C)C)cc(C(C)(C)C)cc4c4cc(C(C)(C)C)cc(C(C)(C)C)c4o3)cc(C(C)(C)C)cc2C(C)(C)C)OC1. The molecule has 1 aliphatic rings. The van der Waals surface area contributed by atoms with Crippen molar-refractivity contribution in [3.63, 3.8) is 0 Å². The summed E-state index contributed by atoms with van der Waals surface area (Å²) in [6, 6.07) is 18.8. The molecular weight excluding hydrogens is 915 g/mol. The summed E-state index contributed by atoms with van der Waals surface area (Å²) in [5.41, 5.74) is 10.9.